The fourth-order valence-electron chi connectivity index (χ4n) is 3.25. The first-order chi connectivity index (χ1) is 9.17. The summed E-state index contributed by atoms with van der Waals surface area (Å²) in [6.07, 6.45) is 8.59. The molecule has 0 aliphatic heterocycles. The molecule has 0 saturated heterocycles. The fourth-order valence-corrected chi connectivity index (χ4v) is 3.25. The molecule has 0 radical (unpaired) electrons. The molecule has 4 heteroatoms. The Bertz CT molecular complexity index is 411. The van der Waals surface area contributed by atoms with Crippen molar-refractivity contribution in [3.8, 4) is 0 Å². The number of nitrogens with two attached hydrogens (primary N) is 1. The third kappa shape index (κ3) is 3.04. The second-order valence-electron chi connectivity index (χ2n) is 5.79. The van der Waals surface area contributed by atoms with Crippen molar-refractivity contribution in [1.29, 1.82) is 0 Å². The number of aromatic nitrogens is 2. The predicted molar refractivity (Wildman–Crippen MR) is 81.3 cm³/mol. The number of aryl methyl sites for hydroxylation is 2. The van der Waals surface area contributed by atoms with Crippen molar-refractivity contribution >= 4 is 11.5 Å². The van der Waals surface area contributed by atoms with Gasteiger partial charge in [0.05, 0.1) is 11.4 Å². The molecule has 1 heterocycles. The molecule has 1 aliphatic rings. The van der Waals surface area contributed by atoms with Crippen LogP contribution in [0.2, 0.25) is 0 Å². The van der Waals surface area contributed by atoms with E-state index in [0.717, 1.165) is 36.0 Å². The molecule has 1 aliphatic carbocycles. The summed E-state index contributed by atoms with van der Waals surface area (Å²) >= 11 is 0. The first kappa shape index (κ1) is 14.2. The van der Waals surface area contributed by atoms with Crippen LogP contribution < -0.4 is 11.1 Å². The lowest BCUT2D eigenvalue weighted by molar-refractivity contribution is 0.316. The minimum Gasteiger partial charge on any atom is -0.394 e. The Morgan fingerprint density at radius 2 is 2.05 bits per heavy atom. The fraction of sp³-hybridized carbons (Fsp3) is 0.800. The van der Waals surface area contributed by atoms with Crippen LogP contribution >= 0.6 is 0 Å². The average Bonchev–Trinajstić information content (AvgIpc) is 2.68. The molecule has 1 saturated carbocycles. The van der Waals surface area contributed by atoms with E-state index < -0.39 is 0 Å². The first-order valence-electron chi connectivity index (χ1n) is 7.75. The van der Waals surface area contributed by atoms with Gasteiger partial charge in [-0.25, -0.2) is 0 Å². The van der Waals surface area contributed by atoms with E-state index >= 15 is 0 Å². The Hall–Kier alpha value is -1.19. The number of nitrogens with one attached hydrogen (secondary N) is 1. The van der Waals surface area contributed by atoms with Crippen molar-refractivity contribution < 1.29 is 0 Å². The number of nitrogen functional groups attached to an aromatic ring is 1. The molecule has 1 aromatic rings. The van der Waals surface area contributed by atoms with E-state index in [1.165, 1.54) is 32.1 Å². The van der Waals surface area contributed by atoms with Gasteiger partial charge in [-0.15, -0.1) is 0 Å². The zero-order valence-corrected chi connectivity index (χ0v) is 12.6. The molecule has 1 fully saturated rings. The van der Waals surface area contributed by atoms with Gasteiger partial charge in [0.1, 0.15) is 5.82 Å². The minimum atomic E-state index is 0.561. The number of nitrogens with zero attached hydrogens (tertiary/aromatic N) is 2. The van der Waals surface area contributed by atoms with E-state index in [-0.39, 0.29) is 0 Å². The van der Waals surface area contributed by atoms with Gasteiger partial charge in [-0.3, -0.25) is 4.68 Å². The van der Waals surface area contributed by atoms with Crippen LogP contribution in [-0.4, -0.2) is 15.8 Å². The minimum absolute atomic E-state index is 0.561. The van der Waals surface area contributed by atoms with Crippen LogP contribution in [0.1, 0.15) is 58.1 Å². The molecule has 2 rings (SSSR count). The van der Waals surface area contributed by atoms with Crippen molar-refractivity contribution in [3.63, 3.8) is 0 Å². The van der Waals surface area contributed by atoms with E-state index in [0.29, 0.717) is 6.04 Å². The van der Waals surface area contributed by atoms with Crippen LogP contribution in [0, 0.1) is 5.92 Å². The SMILES string of the molecule is CCCc1nn(C)c(NC2CCCCC2CC)c1N. The molecule has 19 heavy (non-hydrogen) atoms. The molecule has 0 bridgehead atoms. The van der Waals surface area contributed by atoms with E-state index in [1.807, 2.05) is 11.7 Å². The lowest BCUT2D eigenvalue weighted by Gasteiger charge is -2.32. The Morgan fingerprint density at radius 1 is 1.32 bits per heavy atom. The number of rotatable bonds is 5. The highest BCUT2D eigenvalue weighted by molar-refractivity contribution is 5.65. The summed E-state index contributed by atoms with van der Waals surface area (Å²) < 4.78 is 1.92. The smallest absolute Gasteiger partial charge is 0.148 e. The molecule has 0 amide bonds. The van der Waals surface area contributed by atoms with Gasteiger partial charge < -0.3 is 11.1 Å². The Labute approximate surface area is 116 Å². The largest absolute Gasteiger partial charge is 0.394 e. The van der Waals surface area contributed by atoms with Crippen LogP contribution in [0.3, 0.4) is 0 Å². The number of hydrogen-bond acceptors (Lipinski definition) is 3. The molecule has 2 atom stereocenters. The zero-order valence-electron chi connectivity index (χ0n) is 12.6. The highest BCUT2D eigenvalue weighted by Crippen LogP contribution is 2.32. The second-order valence-corrected chi connectivity index (χ2v) is 5.79. The normalized spacial score (nSPS) is 23.5. The average molecular weight is 264 g/mol. The summed E-state index contributed by atoms with van der Waals surface area (Å²) in [5.41, 5.74) is 8.14. The lowest BCUT2D eigenvalue weighted by atomic mass is 9.83. The summed E-state index contributed by atoms with van der Waals surface area (Å²) in [5, 5.41) is 8.22. The van der Waals surface area contributed by atoms with Crippen molar-refractivity contribution in [2.45, 2.75) is 64.8 Å². The Balaban J connectivity index is 2.13. The van der Waals surface area contributed by atoms with Gasteiger partial charge in [-0.2, -0.15) is 5.10 Å². The summed E-state index contributed by atoms with van der Waals surface area (Å²) in [5.74, 6) is 1.80. The van der Waals surface area contributed by atoms with Crippen LogP contribution in [0.15, 0.2) is 0 Å². The van der Waals surface area contributed by atoms with Crippen LogP contribution in [0.5, 0.6) is 0 Å². The van der Waals surface area contributed by atoms with Gasteiger partial charge >= 0.3 is 0 Å². The molecule has 0 spiro atoms. The Kier molecular flexibility index (Phi) is 4.72. The number of hydrogen-bond donors (Lipinski definition) is 2. The molecule has 3 N–H and O–H groups in total. The molecule has 2 unspecified atom stereocenters. The highest BCUT2D eigenvalue weighted by atomic mass is 15.3. The van der Waals surface area contributed by atoms with Crippen LogP contribution in [-0.2, 0) is 13.5 Å². The van der Waals surface area contributed by atoms with Crippen LogP contribution in [0.4, 0.5) is 11.5 Å². The number of anilines is 2. The maximum Gasteiger partial charge on any atom is 0.148 e. The van der Waals surface area contributed by atoms with Gasteiger partial charge in [-0.05, 0) is 25.2 Å². The first-order valence-corrected chi connectivity index (χ1v) is 7.75. The van der Waals surface area contributed by atoms with E-state index in [9.17, 15) is 0 Å². The molecular weight excluding hydrogens is 236 g/mol. The van der Waals surface area contributed by atoms with Crippen molar-refractivity contribution in [2.75, 3.05) is 11.1 Å². The predicted octanol–water partition coefficient (Wildman–Crippen LogP) is 3.34. The monoisotopic (exact) mass is 264 g/mol. The van der Waals surface area contributed by atoms with Crippen LogP contribution in [0.25, 0.3) is 0 Å². The van der Waals surface area contributed by atoms with Gasteiger partial charge in [0.15, 0.2) is 0 Å². The van der Waals surface area contributed by atoms with Gasteiger partial charge in [0.2, 0.25) is 0 Å². The lowest BCUT2D eigenvalue weighted by Crippen LogP contribution is -2.32. The highest BCUT2D eigenvalue weighted by Gasteiger charge is 2.25. The van der Waals surface area contributed by atoms with Gasteiger partial charge in [0.25, 0.3) is 0 Å². The summed E-state index contributed by atoms with van der Waals surface area (Å²) in [6.45, 7) is 4.45. The maximum absolute atomic E-state index is 6.25. The van der Waals surface area contributed by atoms with Gasteiger partial charge in [-0.1, -0.05) is 39.5 Å². The second kappa shape index (κ2) is 6.31. The standard InChI is InChI=1S/C15H28N4/c1-4-8-13-14(16)15(19(3)18-13)17-12-10-7-6-9-11(12)5-2/h11-12,17H,4-10,16H2,1-3H3. The van der Waals surface area contributed by atoms with E-state index in [2.05, 4.69) is 24.3 Å². The third-order valence-electron chi connectivity index (χ3n) is 4.40. The summed E-state index contributed by atoms with van der Waals surface area (Å²) in [7, 11) is 1.99. The zero-order chi connectivity index (χ0) is 13.8. The quantitative estimate of drug-likeness (QED) is 0.857. The van der Waals surface area contributed by atoms with Gasteiger partial charge in [0, 0.05) is 13.1 Å². The van der Waals surface area contributed by atoms with E-state index in [1.54, 1.807) is 0 Å². The third-order valence-corrected chi connectivity index (χ3v) is 4.40. The summed E-state index contributed by atoms with van der Waals surface area (Å²) in [6, 6.07) is 0.561. The Morgan fingerprint density at radius 3 is 2.74 bits per heavy atom. The molecule has 1 aromatic heterocycles. The van der Waals surface area contributed by atoms with E-state index in [4.69, 9.17) is 5.73 Å². The molecule has 4 nitrogen and oxygen atoms in total. The molecule has 108 valence electrons. The molecular formula is C15H28N4. The molecule has 0 aromatic carbocycles. The van der Waals surface area contributed by atoms with Crippen molar-refractivity contribution in [1.82, 2.24) is 9.78 Å². The van der Waals surface area contributed by atoms with Crippen molar-refractivity contribution in [3.05, 3.63) is 5.69 Å². The topological polar surface area (TPSA) is 55.9 Å². The maximum atomic E-state index is 6.25. The summed E-state index contributed by atoms with van der Waals surface area (Å²) in [4.78, 5) is 0. The van der Waals surface area contributed by atoms with Crippen molar-refractivity contribution in [2.24, 2.45) is 13.0 Å².